The smallest absolute Gasteiger partial charge is 0.234 e. The van der Waals surface area contributed by atoms with E-state index in [1.165, 1.54) is 0 Å². The van der Waals surface area contributed by atoms with Crippen LogP contribution < -0.4 is 5.32 Å². The fraction of sp³-hybridized carbons (Fsp3) is 0.917. The van der Waals surface area contributed by atoms with E-state index in [0.29, 0.717) is 13.1 Å². The summed E-state index contributed by atoms with van der Waals surface area (Å²) in [6.45, 7) is 9.54. The number of morpholine rings is 1. The molecule has 0 aromatic carbocycles. The molecule has 5 heteroatoms. The van der Waals surface area contributed by atoms with Gasteiger partial charge in [0.25, 0.3) is 0 Å². The molecule has 0 saturated carbocycles. The molecule has 100 valence electrons. The normalized spacial score (nSPS) is 26.9. The Morgan fingerprint density at radius 3 is 2.65 bits per heavy atom. The van der Waals surface area contributed by atoms with Gasteiger partial charge in [-0.2, -0.15) is 0 Å². The summed E-state index contributed by atoms with van der Waals surface area (Å²) < 4.78 is 5.52. The molecule has 1 amide bonds. The lowest BCUT2D eigenvalue weighted by molar-refractivity contribution is -0.129. The zero-order valence-electron chi connectivity index (χ0n) is 11.2. The molecular formula is C12H24N2O3. The SMILES string of the molecule is CC1CN(CC(=O)NC(C)(C)C)CC(CO)O1. The van der Waals surface area contributed by atoms with Crippen LogP contribution in [0.25, 0.3) is 0 Å². The molecule has 2 atom stereocenters. The lowest BCUT2D eigenvalue weighted by Gasteiger charge is -2.36. The van der Waals surface area contributed by atoms with Crippen molar-refractivity contribution in [2.24, 2.45) is 0 Å². The van der Waals surface area contributed by atoms with E-state index in [4.69, 9.17) is 9.84 Å². The van der Waals surface area contributed by atoms with Gasteiger partial charge in [0.05, 0.1) is 25.4 Å². The van der Waals surface area contributed by atoms with Gasteiger partial charge in [-0.05, 0) is 27.7 Å². The summed E-state index contributed by atoms with van der Waals surface area (Å²) in [5.41, 5.74) is -0.203. The van der Waals surface area contributed by atoms with Crippen LogP contribution in [0.4, 0.5) is 0 Å². The Balaban J connectivity index is 2.42. The largest absolute Gasteiger partial charge is 0.394 e. The second-order valence-corrected chi connectivity index (χ2v) is 5.74. The summed E-state index contributed by atoms with van der Waals surface area (Å²) in [6, 6.07) is 0. The van der Waals surface area contributed by atoms with E-state index in [2.05, 4.69) is 5.32 Å². The molecule has 1 aliphatic heterocycles. The van der Waals surface area contributed by atoms with Gasteiger partial charge >= 0.3 is 0 Å². The number of ether oxygens (including phenoxy) is 1. The Morgan fingerprint density at radius 2 is 2.12 bits per heavy atom. The maximum Gasteiger partial charge on any atom is 0.234 e. The number of amides is 1. The molecule has 0 spiro atoms. The van der Waals surface area contributed by atoms with Crippen molar-refractivity contribution in [1.29, 1.82) is 0 Å². The second kappa shape index (κ2) is 5.80. The second-order valence-electron chi connectivity index (χ2n) is 5.74. The molecule has 5 nitrogen and oxygen atoms in total. The summed E-state index contributed by atoms with van der Waals surface area (Å²) in [5, 5.41) is 12.0. The van der Waals surface area contributed by atoms with Crippen LogP contribution >= 0.6 is 0 Å². The Morgan fingerprint density at radius 1 is 1.47 bits per heavy atom. The van der Waals surface area contributed by atoms with Crippen molar-refractivity contribution in [3.63, 3.8) is 0 Å². The third kappa shape index (κ3) is 5.48. The average molecular weight is 244 g/mol. The standard InChI is InChI=1S/C12H24N2O3/c1-9-5-14(6-10(8-15)17-9)7-11(16)13-12(2,3)4/h9-10,15H,5-8H2,1-4H3,(H,13,16). The van der Waals surface area contributed by atoms with Crippen LogP contribution in [-0.2, 0) is 9.53 Å². The molecule has 1 saturated heterocycles. The van der Waals surface area contributed by atoms with Crippen molar-refractivity contribution in [3.05, 3.63) is 0 Å². The highest BCUT2D eigenvalue weighted by atomic mass is 16.5. The number of aliphatic hydroxyl groups is 1. The summed E-state index contributed by atoms with van der Waals surface area (Å²) in [7, 11) is 0. The average Bonchev–Trinajstić information content (AvgIpc) is 2.13. The Bertz CT molecular complexity index is 263. The van der Waals surface area contributed by atoms with Gasteiger partial charge in [0.15, 0.2) is 0 Å². The van der Waals surface area contributed by atoms with Crippen LogP contribution in [0.1, 0.15) is 27.7 Å². The molecule has 1 fully saturated rings. The molecule has 17 heavy (non-hydrogen) atoms. The maximum absolute atomic E-state index is 11.8. The van der Waals surface area contributed by atoms with Gasteiger partial charge in [-0.15, -0.1) is 0 Å². The zero-order valence-corrected chi connectivity index (χ0v) is 11.2. The minimum atomic E-state index is -0.203. The first-order valence-electron chi connectivity index (χ1n) is 6.10. The van der Waals surface area contributed by atoms with Gasteiger partial charge < -0.3 is 15.2 Å². The van der Waals surface area contributed by atoms with Crippen molar-refractivity contribution in [1.82, 2.24) is 10.2 Å². The quantitative estimate of drug-likeness (QED) is 0.732. The number of carbonyl (C=O) groups excluding carboxylic acids is 1. The topological polar surface area (TPSA) is 61.8 Å². The predicted molar refractivity (Wildman–Crippen MR) is 65.8 cm³/mol. The lowest BCUT2D eigenvalue weighted by atomic mass is 10.1. The van der Waals surface area contributed by atoms with Gasteiger partial charge in [-0.3, -0.25) is 9.69 Å². The number of aliphatic hydroxyl groups excluding tert-OH is 1. The summed E-state index contributed by atoms with van der Waals surface area (Å²) in [6.07, 6.45) is -0.121. The molecule has 2 N–H and O–H groups in total. The highest BCUT2D eigenvalue weighted by Crippen LogP contribution is 2.10. The molecule has 0 aromatic rings. The fourth-order valence-electron chi connectivity index (χ4n) is 2.03. The van der Waals surface area contributed by atoms with E-state index >= 15 is 0 Å². The van der Waals surface area contributed by atoms with Crippen LogP contribution in [-0.4, -0.2) is 59.9 Å². The Kier molecular flexibility index (Phi) is 4.91. The van der Waals surface area contributed by atoms with Crippen LogP contribution in [0.15, 0.2) is 0 Å². The minimum absolute atomic E-state index is 0.00172. The Labute approximate surface area is 103 Å². The third-order valence-corrected chi connectivity index (χ3v) is 2.49. The van der Waals surface area contributed by atoms with Crippen LogP contribution in [0.3, 0.4) is 0 Å². The number of nitrogens with zero attached hydrogens (tertiary/aromatic N) is 1. The molecule has 1 rings (SSSR count). The Hall–Kier alpha value is -0.650. The van der Waals surface area contributed by atoms with Crippen LogP contribution in [0, 0.1) is 0 Å². The van der Waals surface area contributed by atoms with Gasteiger partial charge in [0.1, 0.15) is 0 Å². The van der Waals surface area contributed by atoms with Crippen molar-refractivity contribution in [3.8, 4) is 0 Å². The minimum Gasteiger partial charge on any atom is -0.394 e. The molecule has 0 aliphatic carbocycles. The van der Waals surface area contributed by atoms with Gasteiger partial charge in [-0.25, -0.2) is 0 Å². The molecule has 0 radical (unpaired) electrons. The van der Waals surface area contributed by atoms with Gasteiger partial charge in [0.2, 0.25) is 5.91 Å². The van der Waals surface area contributed by atoms with Crippen molar-refractivity contribution < 1.29 is 14.6 Å². The summed E-state index contributed by atoms with van der Waals surface area (Å²) in [4.78, 5) is 13.8. The van der Waals surface area contributed by atoms with E-state index in [0.717, 1.165) is 6.54 Å². The van der Waals surface area contributed by atoms with Crippen molar-refractivity contribution >= 4 is 5.91 Å². The lowest BCUT2D eigenvalue weighted by Crippen LogP contribution is -2.52. The van der Waals surface area contributed by atoms with Crippen LogP contribution in [0.5, 0.6) is 0 Å². The number of hydrogen-bond donors (Lipinski definition) is 2. The van der Waals surface area contributed by atoms with Gasteiger partial charge in [-0.1, -0.05) is 0 Å². The number of hydrogen-bond acceptors (Lipinski definition) is 4. The molecular weight excluding hydrogens is 220 g/mol. The first-order chi connectivity index (χ1) is 7.80. The van der Waals surface area contributed by atoms with E-state index in [1.54, 1.807) is 0 Å². The molecule has 0 aromatic heterocycles. The molecule has 1 heterocycles. The number of nitrogens with one attached hydrogen (secondary N) is 1. The number of carbonyl (C=O) groups is 1. The van der Waals surface area contributed by atoms with E-state index in [1.807, 2.05) is 32.6 Å². The zero-order chi connectivity index (χ0) is 13.1. The fourth-order valence-corrected chi connectivity index (χ4v) is 2.03. The first kappa shape index (κ1) is 14.4. The maximum atomic E-state index is 11.8. The van der Waals surface area contributed by atoms with Crippen molar-refractivity contribution in [2.45, 2.75) is 45.4 Å². The monoisotopic (exact) mass is 244 g/mol. The predicted octanol–water partition coefficient (Wildman–Crippen LogP) is -0.0173. The van der Waals surface area contributed by atoms with E-state index in [-0.39, 0.29) is 30.3 Å². The first-order valence-corrected chi connectivity index (χ1v) is 6.10. The molecule has 1 aliphatic rings. The third-order valence-electron chi connectivity index (χ3n) is 2.49. The van der Waals surface area contributed by atoms with Crippen molar-refractivity contribution in [2.75, 3.05) is 26.2 Å². The summed E-state index contributed by atoms with van der Waals surface area (Å²) >= 11 is 0. The highest BCUT2D eigenvalue weighted by molar-refractivity contribution is 5.78. The highest BCUT2D eigenvalue weighted by Gasteiger charge is 2.26. The summed E-state index contributed by atoms with van der Waals surface area (Å²) in [5.74, 6) is 0.0169. The van der Waals surface area contributed by atoms with E-state index in [9.17, 15) is 4.79 Å². The van der Waals surface area contributed by atoms with Crippen LogP contribution in [0.2, 0.25) is 0 Å². The molecule has 2 unspecified atom stereocenters. The van der Waals surface area contributed by atoms with Gasteiger partial charge in [0, 0.05) is 18.6 Å². The van der Waals surface area contributed by atoms with E-state index < -0.39 is 0 Å². The number of rotatable bonds is 3. The molecule has 0 bridgehead atoms.